The lowest BCUT2D eigenvalue weighted by atomic mass is 9.84. The number of benzene rings is 1. The number of aliphatic hydroxyl groups excluding tert-OH is 1. The molecule has 0 spiro atoms. The molecule has 1 fully saturated rings. The Morgan fingerprint density at radius 2 is 1.85 bits per heavy atom. The van der Waals surface area contributed by atoms with Crippen molar-refractivity contribution in [3.05, 3.63) is 42.1 Å². The first-order valence-electron chi connectivity index (χ1n) is 7.34. The van der Waals surface area contributed by atoms with Gasteiger partial charge >= 0.3 is 0 Å². The van der Waals surface area contributed by atoms with Crippen LogP contribution in [-0.2, 0) is 0 Å². The van der Waals surface area contributed by atoms with Gasteiger partial charge in [0.25, 0.3) is 0 Å². The molecule has 1 atom stereocenters. The Morgan fingerprint density at radius 3 is 2.55 bits per heavy atom. The van der Waals surface area contributed by atoms with Gasteiger partial charge < -0.3 is 10.0 Å². The first kappa shape index (κ1) is 13.5. The average Bonchev–Trinajstić information content (AvgIpc) is 2.97. The normalized spacial score (nSPS) is 19.6. The quantitative estimate of drug-likeness (QED) is 0.931. The standard InChI is InChI=1S/C17H22N2O/c1-19(2)17(10-3-4-11-17)16(20)14-9-5-7-13-8-6-12-18-15(13)14/h5-9,12,16,20H,3-4,10-11H2,1-2H3. The third-order valence-corrected chi connectivity index (χ3v) is 4.83. The molecule has 1 N–H and O–H groups in total. The zero-order valence-corrected chi connectivity index (χ0v) is 12.2. The average molecular weight is 270 g/mol. The van der Waals surface area contributed by atoms with Gasteiger partial charge in [-0.2, -0.15) is 0 Å². The summed E-state index contributed by atoms with van der Waals surface area (Å²) in [7, 11) is 4.15. The molecule has 20 heavy (non-hydrogen) atoms. The van der Waals surface area contributed by atoms with Gasteiger partial charge in [-0.3, -0.25) is 4.98 Å². The minimum absolute atomic E-state index is 0.147. The molecule has 0 aliphatic heterocycles. The van der Waals surface area contributed by atoms with Gasteiger partial charge in [-0.25, -0.2) is 0 Å². The summed E-state index contributed by atoms with van der Waals surface area (Å²) in [6.07, 6.45) is 5.78. The number of hydrogen-bond acceptors (Lipinski definition) is 3. The second kappa shape index (κ2) is 5.15. The van der Waals surface area contributed by atoms with E-state index in [2.05, 4.69) is 36.1 Å². The molecule has 0 radical (unpaired) electrons. The van der Waals surface area contributed by atoms with Crippen LogP contribution in [0.15, 0.2) is 36.5 Å². The number of nitrogens with zero attached hydrogens (tertiary/aromatic N) is 2. The largest absolute Gasteiger partial charge is 0.386 e. The third-order valence-electron chi connectivity index (χ3n) is 4.83. The van der Waals surface area contributed by atoms with E-state index in [0.717, 1.165) is 29.3 Å². The summed E-state index contributed by atoms with van der Waals surface area (Å²) in [5.74, 6) is 0. The first-order valence-corrected chi connectivity index (χ1v) is 7.34. The van der Waals surface area contributed by atoms with Crippen molar-refractivity contribution in [1.82, 2.24) is 9.88 Å². The second-order valence-corrected chi connectivity index (χ2v) is 6.03. The van der Waals surface area contributed by atoms with Crippen LogP contribution in [0.5, 0.6) is 0 Å². The fourth-order valence-corrected chi connectivity index (χ4v) is 3.59. The summed E-state index contributed by atoms with van der Waals surface area (Å²) in [5, 5.41) is 12.2. The van der Waals surface area contributed by atoms with Crippen molar-refractivity contribution < 1.29 is 5.11 Å². The summed E-state index contributed by atoms with van der Waals surface area (Å²) in [6, 6.07) is 10.1. The SMILES string of the molecule is CN(C)C1(C(O)c2cccc3cccnc23)CCCC1. The lowest BCUT2D eigenvalue weighted by Crippen LogP contribution is -2.47. The summed E-state index contributed by atoms with van der Waals surface area (Å²) in [5.41, 5.74) is 1.74. The van der Waals surface area contributed by atoms with E-state index >= 15 is 0 Å². The van der Waals surface area contributed by atoms with Gasteiger partial charge in [0.2, 0.25) is 0 Å². The number of rotatable bonds is 3. The minimum atomic E-state index is -0.487. The lowest BCUT2D eigenvalue weighted by molar-refractivity contribution is -0.00397. The number of aromatic nitrogens is 1. The first-order chi connectivity index (χ1) is 9.65. The highest BCUT2D eigenvalue weighted by molar-refractivity contribution is 5.82. The van der Waals surface area contributed by atoms with Crippen molar-refractivity contribution in [3.63, 3.8) is 0 Å². The number of likely N-dealkylation sites (N-methyl/N-ethyl adjacent to an activating group) is 1. The lowest BCUT2D eigenvalue weighted by Gasteiger charge is -2.41. The minimum Gasteiger partial charge on any atom is -0.386 e. The van der Waals surface area contributed by atoms with E-state index in [0.29, 0.717) is 0 Å². The highest BCUT2D eigenvalue weighted by Crippen LogP contribution is 2.44. The summed E-state index contributed by atoms with van der Waals surface area (Å²) < 4.78 is 0. The Kier molecular flexibility index (Phi) is 3.48. The topological polar surface area (TPSA) is 36.4 Å². The Balaban J connectivity index is 2.10. The summed E-state index contributed by atoms with van der Waals surface area (Å²) in [6.45, 7) is 0. The van der Waals surface area contributed by atoms with Gasteiger partial charge in [0.15, 0.2) is 0 Å². The Morgan fingerprint density at radius 1 is 1.15 bits per heavy atom. The number of para-hydroxylation sites is 1. The van der Waals surface area contributed by atoms with E-state index in [4.69, 9.17) is 0 Å². The monoisotopic (exact) mass is 270 g/mol. The molecule has 1 aromatic carbocycles. The van der Waals surface area contributed by atoms with E-state index in [1.807, 2.05) is 18.2 Å². The van der Waals surface area contributed by atoms with E-state index in [1.165, 1.54) is 12.8 Å². The molecular formula is C17H22N2O. The van der Waals surface area contributed by atoms with Gasteiger partial charge in [0, 0.05) is 17.1 Å². The Bertz CT molecular complexity index is 597. The number of pyridine rings is 1. The van der Waals surface area contributed by atoms with Crippen LogP contribution >= 0.6 is 0 Å². The van der Waals surface area contributed by atoms with Crippen molar-refractivity contribution in [1.29, 1.82) is 0 Å². The Labute approximate surface area is 120 Å². The fraction of sp³-hybridized carbons (Fsp3) is 0.471. The zero-order valence-electron chi connectivity index (χ0n) is 12.2. The molecule has 1 unspecified atom stereocenters. The summed E-state index contributed by atoms with van der Waals surface area (Å²) >= 11 is 0. The van der Waals surface area contributed by atoms with Gasteiger partial charge in [-0.15, -0.1) is 0 Å². The predicted octanol–water partition coefficient (Wildman–Crippen LogP) is 3.14. The van der Waals surface area contributed by atoms with Crippen LogP contribution in [0.4, 0.5) is 0 Å². The number of hydrogen-bond donors (Lipinski definition) is 1. The molecule has 3 rings (SSSR count). The highest BCUT2D eigenvalue weighted by Gasteiger charge is 2.43. The van der Waals surface area contributed by atoms with Crippen LogP contribution in [-0.4, -0.2) is 34.6 Å². The molecular weight excluding hydrogens is 248 g/mol. The summed E-state index contributed by atoms with van der Waals surface area (Å²) in [4.78, 5) is 6.69. The number of fused-ring (bicyclic) bond motifs is 1. The van der Waals surface area contributed by atoms with Crippen molar-refractivity contribution in [3.8, 4) is 0 Å². The van der Waals surface area contributed by atoms with Crippen LogP contribution in [0.3, 0.4) is 0 Å². The number of aliphatic hydroxyl groups is 1. The molecule has 3 nitrogen and oxygen atoms in total. The van der Waals surface area contributed by atoms with E-state index in [-0.39, 0.29) is 5.54 Å². The van der Waals surface area contributed by atoms with Gasteiger partial charge in [-0.05, 0) is 33.0 Å². The van der Waals surface area contributed by atoms with Gasteiger partial charge in [-0.1, -0.05) is 37.1 Å². The fourth-order valence-electron chi connectivity index (χ4n) is 3.59. The molecule has 1 aromatic heterocycles. The molecule has 1 heterocycles. The molecule has 0 bridgehead atoms. The molecule has 0 saturated heterocycles. The van der Waals surface area contributed by atoms with Crippen molar-refractivity contribution in [2.24, 2.45) is 0 Å². The zero-order chi connectivity index (χ0) is 14.2. The van der Waals surface area contributed by atoms with Crippen LogP contribution in [0.1, 0.15) is 37.4 Å². The maximum absolute atomic E-state index is 11.1. The highest BCUT2D eigenvalue weighted by atomic mass is 16.3. The maximum atomic E-state index is 11.1. The van der Waals surface area contributed by atoms with Crippen molar-refractivity contribution >= 4 is 10.9 Å². The molecule has 1 aliphatic carbocycles. The molecule has 3 heteroatoms. The molecule has 2 aromatic rings. The molecule has 1 aliphatic rings. The Hall–Kier alpha value is -1.45. The van der Waals surface area contributed by atoms with Gasteiger partial charge in [0.05, 0.1) is 17.2 Å². The molecule has 1 saturated carbocycles. The van der Waals surface area contributed by atoms with Crippen molar-refractivity contribution in [2.75, 3.05) is 14.1 Å². The molecule has 106 valence electrons. The molecule has 0 amide bonds. The van der Waals surface area contributed by atoms with Crippen LogP contribution in [0.2, 0.25) is 0 Å². The van der Waals surface area contributed by atoms with Crippen LogP contribution in [0, 0.1) is 0 Å². The van der Waals surface area contributed by atoms with E-state index in [1.54, 1.807) is 6.20 Å². The third kappa shape index (κ3) is 2.02. The van der Waals surface area contributed by atoms with E-state index in [9.17, 15) is 5.11 Å². The van der Waals surface area contributed by atoms with E-state index < -0.39 is 6.10 Å². The van der Waals surface area contributed by atoms with Crippen LogP contribution < -0.4 is 0 Å². The second-order valence-electron chi connectivity index (χ2n) is 6.03. The van der Waals surface area contributed by atoms with Crippen LogP contribution in [0.25, 0.3) is 10.9 Å². The van der Waals surface area contributed by atoms with Crippen molar-refractivity contribution in [2.45, 2.75) is 37.3 Å². The smallest absolute Gasteiger partial charge is 0.0994 e. The predicted molar refractivity (Wildman–Crippen MR) is 81.6 cm³/mol. The van der Waals surface area contributed by atoms with Gasteiger partial charge in [0.1, 0.15) is 0 Å². The maximum Gasteiger partial charge on any atom is 0.0994 e.